The van der Waals surface area contributed by atoms with Crippen molar-refractivity contribution >= 4 is 28.3 Å². The smallest absolute Gasteiger partial charge is 0.303 e. The Morgan fingerprint density at radius 1 is 1.17 bits per heavy atom. The van der Waals surface area contributed by atoms with E-state index < -0.39 is 5.97 Å². The van der Waals surface area contributed by atoms with Crippen molar-refractivity contribution in [2.24, 2.45) is 0 Å². The summed E-state index contributed by atoms with van der Waals surface area (Å²) in [5.41, 5.74) is 2.11. The third kappa shape index (κ3) is 6.15. The van der Waals surface area contributed by atoms with Gasteiger partial charge in [0.1, 0.15) is 5.01 Å². The van der Waals surface area contributed by atoms with Crippen LogP contribution in [0.15, 0.2) is 24.3 Å². The van der Waals surface area contributed by atoms with Gasteiger partial charge in [-0.3, -0.25) is 9.59 Å². The summed E-state index contributed by atoms with van der Waals surface area (Å²) in [5, 5.41) is 20.6. The van der Waals surface area contributed by atoms with E-state index in [1.807, 2.05) is 31.2 Å². The molecule has 0 radical (unpaired) electrons. The van der Waals surface area contributed by atoms with Gasteiger partial charge in [-0.05, 0) is 25.3 Å². The van der Waals surface area contributed by atoms with Gasteiger partial charge in [-0.15, -0.1) is 10.2 Å². The second-order valence-corrected chi connectivity index (χ2v) is 6.37. The third-order valence-corrected chi connectivity index (χ3v) is 4.13. The molecule has 1 aromatic heterocycles. The van der Waals surface area contributed by atoms with Crippen LogP contribution in [-0.4, -0.2) is 27.2 Å². The third-order valence-electron chi connectivity index (χ3n) is 3.23. The number of carbonyl (C=O) groups excluding carboxylic acids is 1. The van der Waals surface area contributed by atoms with Crippen molar-refractivity contribution in [1.82, 2.24) is 10.2 Å². The molecular weight excluding hydrogens is 314 g/mol. The van der Waals surface area contributed by atoms with Gasteiger partial charge < -0.3 is 10.4 Å². The van der Waals surface area contributed by atoms with Crippen LogP contribution in [0.3, 0.4) is 0 Å². The Bertz CT molecular complexity index is 667. The van der Waals surface area contributed by atoms with Crippen LogP contribution in [0.1, 0.15) is 35.4 Å². The molecule has 7 heteroatoms. The number of rotatable bonds is 8. The van der Waals surface area contributed by atoms with Gasteiger partial charge >= 0.3 is 5.97 Å². The van der Waals surface area contributed by atoms with Crippen LogP contribution in [0, 0.1) is 6.92 Å². The lowest BCUT2D eigenvalue weighted by molar-refractivity contribution is -0.137. The fourth-order valence-corrected chi connectivity index (χ4v) is 2.81. The molecule has 0 atom stereocenters. The van der Waals surface area contributed by atoms with Gasteiger partial charge in [0.05, 0.1) is 6.42 Å². The summed E-state index contributed by atoms with van der Waals surface area (Å²) in [6.07, 6.45) is 2.51. The molecule has 0 aliphatic rings. The Morgan fingerprint density at radius 2 is 1.91 bits per heavy atom. The van der Waals surface area contributed by atoms with E-state index in [2.05, 4.69) is 15.5 Å². The maximum absolute atomic E-state index is 12.0. The number of nitrogens with zero attached hydrogens (tertiary/aromatic N) is 2. The number of carboxylic acid groups (broad SMARTS) is 1. The summed E-state index contributed by atoms with van der Waals surface area (Å²) in [6, 6.07) is 7.82. The van der Waals surface area contributed by atoms with E-state index in [4.69, 9.17) is 5.11 Å². The Kier molecular flexibility index (Phi) is 6.22. The minimum absolute atomic E-state index is 0.123. The molecule has 0 bridgehead atoms. The molecule has 0 unspecified atom stereocenters. The first kappa shape index (κ1) is 17.1. The van der Waals surface area contributed by atoms with Crippen LogP contribution >= 0.6 is 11.3 Å². The zero-order chi connectivity index (χ0) is 16.7. The quantitative estimate of drug-likeness (QED) is 0.725. The summed E-state index contributed by atoms with van der Waals surface area (Å²) in [5.74, 6) is -0.909. The SMILES string of the molecule is Cc1ccc(CC(=O)Nc2nnc(CCCCC(=O)O)s2)cc1. The number of benzene rings is 1. The summed E-state index contributed by atoms with van der Waals surface area (Å²) < 4.78 is 0. The van der Waals surface area contributed by atoms with Crippen molar-refractivity contribution in [2.75, 3.05) is 5.32 Å². The molecule has 0 spiro atoms. The minimum Gasteiger partial charge on any atom is -0.481 e. The average Bonchev–Trinajstić information content (AvgIpc) is 2.93. The van der Waals surface area contributed by atoms with E-state index in [1.54, 1.807) is 0 Å². The van der Waals surface area contributed by atoms with E-state index in [0.717, 1.165) is 22.6 Å². The molecule has 2 rings (SSSR count). The normalized spacial score (nSPS) is 10.5. The molecule has 0 saturated carbocycles. The number of nitrogens with one attached hydrogen (secondary N) is 1. The van der Waals surface area contributed by atoms with Crippen LogP contribution < -0.4 is 5.32 Å². The number of hydrogen-bond donors (Lipinski definition) is 2. The Hall–Kier alpha value is -2.28. The van der Waals surface area contributed by atoms with Crippen molar-refractivity contribution in [3.8, 4) is 0 Å². The van der Waals surface area contributed by atoms with E-state index in [1.165, 1.54) is 11.3 Å². The first-order valence-electron chi connectivity index (χ1n) is 7.42. The number of unbranched alkanes of at least 4 members (excludes halogenated alkanes) is 1. The lowest BCUT2D eigenvalue weighted by Gasteiger charge is -2.02. The summed E-state index contributed by atoms with van der Waals surface area (Å²) in [7, 11) is 0. The minimum atomic E-state index is -0.786. The van der Waals surface area contributed by atoms with Crippen molar-refractivity contribution in [2.45, 2.75) is 39.0 Å². The summed E-state index contributed by atoms with van der Waals surface area (Å²) in [4.78, 5) is 22.4. The highest BCUT2D eigenvalue weighted by atomic mass is 32.1. The predicted molar refractivity (Wildman–Crippen MR) is 88.6 cm³/mol. The zero-order valence-corrected chi connectivity index (χ0v) is 13.7. The highest BCUT2D eigenvalue weighted by Crippen LogP contribution is 2.18. The average molecular weight is 333 g/mol. The van der Waals surface area contributed by atoms with Crippen LogP contribution in [0.5, 0.6) is 0 Å². The van der Waals surface area contributed by atoms with Gasteiger partial charge in [0.15, 0.2) is 0 Å². The van der Waals surface area contributed by atoms with Crippen molar-refractivity contribution < 1.29 is 14.7 Å². The monoisotopic (exact) mass is 333 g/mol. The molecule has 2 N–H and O–H groups in total. The molecular formula is C16H19N3O3S. The summed E-state index contributed by atoms with van der Waals surface area (Å²) in [6.45, 7) is 2.00. The lowest BCUT2D eigenvalue weighted by Crippen LogP contribution is -2.14. The van der Waals surface area contributed by atoms with E-state index in [9.17, 15) is 9.59 Å². The Balaban J connectivity index is 1.78. The molecule has 122 valence electrons. The largest absolute Gasteiger partial charge is 0.481 e. The molecule has 1 aromatic carbocycles. The second-order valence-electron chi connectivity index (χ2n) is 5.31. The molecule has 1 amide bonds. The maximum atomic E-state index is 12.0. The highest BCUT2D eigenvalue weighted by Gasteiger charge is 2.09. The fraction of sp³-hybridized carbons (Fsp3) is 0.375. The molecule has 0 aliphatic heterocycles. The number of anilines is 1. The van der Waals surface area contributed by atoms with Gasteiger partial charge in [-0.25, -0.2) is 0 Å². The Morgan fingerprint density at radius 3 is 2.61 bits per heavy atom. The first-order chi connectivity index (χ1) is 11.0. The Labute approximate surface area is 138 Å². The van der Waals surface area contributed by atoms with E-state index in [0.29, 0.717) is 24.4 Å². The number of aryl methyl sites for hydroxylation is 2. The van der Waals surface area contributed by atoms with Crippen LogP contribution in [0.2, 0.25) is 0 Å². The molecule has 23 heavy (non-hydrogen) atoms. The molecule has 2 aromatic rings. The lowest BCUT2D eigenvalue weighted by atomic mass is 10.1. The summed E-state index contributed by atoms with van der Waals surface area (Å²) >= 11 is 1.33. The van der Waals surface area contributed by atoms with Gasteiger partial charge in [0.25, 0.3) is 0 Å². The second kappa shape index (κ2) is 8.38. The standard InChI is InChI=1S/C16H19N3O3S/c1-11-6-8-12(9-7-11)10-13(20)17-16-19-18-14(23-16)4-2-3-5-15(21)22/h6-9H,2-5,10H2,1H3,(H,21,22)(H,17,19,20). The van der Waals surface area contributed by atoms with Gasteiger partial charge in [0, 0.05) is 12.8 Å². The van der Waals surface area contributed by atoms with Gasteiger partial charge in [-0.1, -0.05) is 41.2 Å². The van der Waals surface area contributed by atoms with Gasteiger partial charge in [0.2, 0.25) is 11.0 Å². The number of aliphatic carboxylic acids is 1. The number of aromatic nitrogens is 2. The fourth-order valence-electron chi connectivity index (χ4n) is 2.01. The number of hydrogen-bond acceptors (Lipinski definition) is 5. The van der Waals surface area contributed by atoms with Gasteiger partial charge in [-0.2, -0.15) is 0 Å². The maximum Gasteiger partial charge on any atom is 0.303 e. The zero-order valence-electron chi connectivity index (χ0n) is 12.9. The van der Waals surface area contributed by atoms with E-state index >= 15 is 0 Å². The van der Waals surface area contributed by atoms with Crippen molar-refractivity contribution in [3.05, 3.63) is 40.4 Å². The molecule has 6 nitrogen and oxygen atoms in total. The molecule has 0 aliphatic carbocycles. The number of amides is 1. The predicted octanol–water partition coefficient (Wildman–Crippen LogP) is 2.83. The molecule has 0 saturated heterocycles. The molecule has 1 heterocycles. The van der Waals surface area contributed by atoms with Crippen LogP contribution in [0.25, 0.3) is 0 Å². The van der Waals surface area contributed by atoms with Crippen LogP contribution in [-0.2, 0) is 22.4 Å². The molecule has 0 fully saturated rings. The van der Waals surface area contributed by atoms with Crippen molar-refractivity contribution in [1.29, 1.82) is 0 Å². The number of carboxylic acids is 1. The highest BCUT2D eigenvalue weighted by molar-refractivity contribution is 7.15. The van der Waals surface area contributed by atoms with Crippen LogP contribution in [0.4, 0.5) is 5.13 Å². The first-order valence-corrected chi connectivity index (χ1v) is 8.24. The topological polar surface area (TPSA) is 92.2 Å². The van der Waals surface area contributed by atoms with Crippen molar-refractivity contribution in [3.63, 3.8) is 0 Å². The van der Waals surface area contributed by atoms with E-state index in [-0.39, 0.29) is 12.3 Å². The number of carbonyl (C=O) groups is 2.